The van der Waals surface area contributed by atoms with E-state index >= 15 is 0 Å². The molecule has 10 heteroatoms. The first kappa shape index (κ1) is 18.5. The number of anilines is 1. The molecule has 1 fully saturated rings. The van der Waals surface area contributed by atoms with Gasteiger partial charge >= 0.3 is 0 Å². The van der Waals surface area contributed by atoms with Crippen LogP contribution < -0.4 is 5.73 Å². The molecule has 2 N–H and O–H groups in total. The third kappa shape index (κ3) is 4.15. The van der Waals surface area contributed by atoms with Gasteiger partial charge in [-0.15, -0.1) is 0 Å². The minimum absolute atomic E-state index is 0.0181. The zero-order chi connectivity index (χ0) is 17.9. The van der Waals surface area contributed by atoms with Crippen molar-refractivity contribution in [3.63, 3.8) is 0 Å². The van der Waals surface area contributed by atoms with Crippen LogP contribution in [0.15, 0.2) is 11.4 Å². The third-order valence-electron chi connectivity index (χ3n) is 3.82. The van der Waals surface area contributed by atoms with Crippen molar-refractivity contribution in [3.05, 3.63) is 11.8 Å². The lowest BCUT2D eigenvalue weighted by molar-refractivity contribution is -0.131. The minimum Gasteiger partial charge on any atom is -0.382 e. The largest absolute Gasteiger partial charge is 0.382 e. The normalized spacial score (nSPS) is 20.3. The van der Waals surface area contributed by atoms with Gasteiger partial charge in [-0.05, 0) is 20.3 Å². The summed E-state index contributed by atoms with van der Waals surface area (Å²) in [5, 5.41) is 8.64. The molecular weight excluding hydrogens is 350 g/mol. The standard InChI is InChI=1S/C14H19N5O3S2/c1-3-19(11-4-5-24(21,22)8-11)13(20)9(2)23-14-17-7-10(6-15)12(16)18-14/h7,9,11H,3-5,8H2,1-2H3,(H2,16,17,18)/t9-,11-/m0/s1. The van der Waals surface area contributed by atoms with E-state index in [9.17, 15) is 13.2 Å². The van der Waals surface area contributed by atoms with Crippen LogP contribution in [0, 0.1) is 11.3 Å². The Balaban J connectivity index is 2.08. The summed E-state index contributed by atoms with van der Waals surface area (Å²) in [4.78, 5) is 22.3. The van der Waals surface area contributed by atoms with Gasteiger partial charge in [-0.3, -0.25) is 4.79 Å². The lowest BCUT2D eigenvalue weighted by Crippen LogP contribution is -2.44. The third-order valence-corrected chi connectivity index (χ3v) is 6.53. The Morgan fingerprint density at radius 2 is 2.33 bits per heavy atom. The molecular formula is C14H19N5O3S2. The number of rotatable bonds is 5. The first-order valence-corrected chi connectivity index (χ1v) is 10.2. The van der Waals surface area contributed by atoms with Crippen LogP contribution in [-0.4, -0.2) is 58.5 Å². The first-order valence-electron chi connectivity index (χ1n) is 7.47. The number of hydrogen-bond acceptors (Lipinski definition) is 8. The van der Waals surface area contributed by atoms with Gasteiger partial charge in [0.15, 0.2) is 15.0 Å². The lowest BCUT2D eigenvalue weighted by atomic mass is 10.2. The average molecular weight is 369 g/mol. The molecule has 0 aromatic carbocycles. The summed E-state index contributed by atoms with van der Waals surface area (Å²) in [7, 11) is -3.05. The van der Waals surface area contributed by atoms with Gasteiger partial charge in [0.2, 0.25) is 5.91 Å². The van der Waals surface area contributed by atoms with Crippen molar-refractivity contribution in [2.45, 2.75) is 36.7 Å². The molecule has 0 aliphatic carbocycles. The highest BCUT2D eigenvalue weighted by Gasteiger charge is 2.35. The maximum atomic E-state index is 12.7. The van der Waals surface area contributed by atoms with E-state index in [1.807, 2.05) is 13.0 Å². The molecule has 1 aromatic rings. The van der Waals surface area contributed by atoms with Gasteiger partial charge in [0, 0.05) is 12.6 Å². The highest BCUT2D eigenvalue weighted by atomic mass is 32.2. The molecule has 1 aliphatic rings. The van der Waals surface area contributed by atoms with Gasteiger partial charge in [-0.2, -0.15) is 5.26 Å². The number of nitrogens with two attached hydrogens (primary N) is 1. The second kappa shape index (κ2) is 7.36. The second-order valence-corrected chi connectivity index (χ2v) is 9.04. The zero-order valence-corrected chi connectivity index (χ0v) is 15.1. The molecule has 2 rings (SSSR count). The van der Waals surface area contributed by atoms with Gasteiger partial charge < -0.3 is 10.6 Å². The molecule has 0 radical (unpaired) electrons. The summed E-state index contributed by atoms with van der Waals surface area (Å²) < 4.78 is 23.3. The first-order chi connectivity index (χ1) is 11.3. The van der Waals surface area contributed by atoms with E-state index in [1.54, 1.807) is 11.8 Å². The predicted octanol–water partition coefficient (Wildman–Crippen LogP) is 0.447. The fourth-order valence-corrected chi connectivity index (χ4v) is 5.13. The Bertz CT molecular complexity index is 775. The van der Waals surface area contributed by atoms with Gasteiger partial charge in [0.05, 0.1) is 23.0 Å². The van der Waals surface area contributed by atoms with Crippen molar-refractivity contribution in [2.24, 2.45) is 0 Å². The molecule has 1 aliphatic heterocycles. The number of sulfone groups is 1. The smallest absolute Gasteiger partial charge is 0.236 e. The Labute approximate surface area is 145 Å². The fraction of sp³-hybridized carbons (Fsp3) is 0.571. The van der Waals surface area contributed by atoms with Crippen molar-refractivity contribution in [1.82, 2.24) is 14.9 Å². The summed E-state index contributed by atoms with van der Waals surface area (Å²) >= 11 is 1.14. The van der Waals surface area contributed by atoms with E-state index < -0.39 is 15.1 Å². The van der Waals surface area contributed by atoms with E-state index in [2.05, 4.69) is 9.97 Å². The number of hydrogen-bond donors (Lipinski definition) is 1. The van der Waals surface area contributed by atoms with Crippen LogP contribution in [0.1, 0.15) is 25.8 Å². The molecule has 0 saturated carbocycles. The Morgan fingerprint density at radius 1 is 1.62 bits per heavy atom. The lowest BCUT2D eigenvalue weighted by Gasteiger charge is -2.29. The van der Waals surface area contributed by atoms with Crippen LogP contribution >= 0.6 is 11.8 Å². The van der Waals surface area contributed by atoms with Crippen LogP contribution in [0.25, 0.3) is 0 Å². The number of thioether (sulfide) groups is 1. The number of carbonyl (C=O) groups excluding carboxylic acids is 1. The molecule has 2 heterocycles. The van der Waals surface area contributed by atoms with Gasteiger partial charge in [-0.25, -0.2) is 18.4 Å². The number of aromatic nitrogens is 2. The Morgan fingerprint density at radius 3 is 2.83 bits per heavy atom. The molecule has 130 valence electrons. The topological polar surface area (TPSA) is 130 Å². The van der Waals surface area contributed by atoms with Crippen molar-refractivity contribution in [3.8, 4) is 6.07 Å². The number of carbonyl (C=O) groups is 1. The van der Waals surface area contributed by atoms with E-state index in [0.29, 0.717) is 18.1 Å². The molecule has 0 spiro atoms. The van der Waals surface area contributed by atoms with Crippen molar-refractivity contribution in [2.75, 3.05) is 23.8 Å². The second-order valence-electron chi connectivity index (χ2n) is 5.50. The van der Waals surface area contributed by atoms with Crippen LogP contribution in [-0.2, 0) is 14.6 Å². The predicted molar refractivity (Wildman–Crippen MR) is 90.9 cm³/mol. The maximum Gasteiger partial charge on any atom is 0.236 e. The van der Waals surface area contributed by atoms with Gasteiger partial charge in [-0.1, -0.05) is 11.8 Å². The summed E-state index contributed by atoms with van der Waals surface area (Å²) in [5.41, 5.74) is 5.83. The highest BCUT2D eigenvalue weighted by Crippen LogP contribution is 2.25. The molecule has 8 nitrogen and oxygen atoms in total. The fourth-order valence-electron chi connectivity index (χ4n) is 2.58. The SMILES string of the molecule is CCN(C(=O)[C@H](C)Sc1ncc(C#N)c(N)n1)[C@H]1CCS(=O)(=O)C1. The molecule has 24 heavy (non-hydrogen) atoms. The molecule has 0 unspecified atom stereocenters. The quantitative estimate of drug-likeness (QED) is 0.585. The van der Waals surface area contributed by atoms with Crippen molar-refractivity contribution >= 4 is 33.3 Å². The van der Waals surface area contributed by atoms with Crippen LogP contribution in [0.4, 0.5) is 5.82 Å². The minimum atomic E-state index is -3.05. The van der Waals surface area contributed by atoms with E-state index in [0.717, 1.165) is 11.8 Å². The van der Waals surface area contributed by atoms with Gasteiger partial charge in [0.25, 0.3) is 0 Å². The van der Waals surface area contributed by atoms with Crippen molar-refractivity contribution in [1.29, 1.82) is 5.26 Å². The van der Waals surface area contributed by atoms with E-state index in [-0.39, 0.29) is 34.8 Å². The number of amides is 1. The van der Waals surface area contributed by atoms with Crippen molar-refractivity contribution < 1.29 is 13.2 Å². The number of nitrogen functional groups attached to an aromatic ring is 1. The monoisotopic (exact) mass is 369 g/mol. The molecule has 2 atom stereocenters. The molecule has 1 aromatic heterocycles. The van der Waals surface area contributed by atoms with E-state index in [4.69, 9.17) is 11.0 Å². The number of nitrogens with zero attached hydrogens (tertiary/aromatic N) is 4. The summed E-state index contributed by atoms with van der Waals surface area (Å²) in [5.74, 6) is 0.0581. The Kier molecular flexibility index (Phi) is 5.66. The zero-order valence-electron chi connectivity index (χ0n) is 13.5. The summed E-state index contributed by atoms with van der Waals surface area (Å²) in [6, 6.07) is 1.60. The molecule has 0 bridgehead atoms. The summed E-state index contributed by atoms with van der Waals surface area (Å²) in [6.45, 7) is 3.99. The van der Waals surface area contributed by atoms with Crippen LogP contribution in [0.3, 0.4) is 0 Å². The Hall–Kier alpha value is -1.86. The average Bonchev–Trinajstić information content (AvgIpc) is 2.88. The van der Waals surface area contributed by atoms with Crippen LogP contribution in [0.5, 0.6) is 0 Å². The maximum absolute atomic E-state index is 12.7. The number of nitriles is 1. The highest BCUT2D eigenvalue weighted by molar-refractivity contribution is 8.00. The molecule has 1 amide bonds. The summed E-state index contributed by atoms with van der Waals surface area (Å²) in [6.07, 6.45) is 1.79. The van der Waals surface area contributed by atoms with Gasteiger partial charge in [0.1, 0.15) is 17.5 Å². The molecule has 1 saturated heterocycles. The van der Waals surface area contributed by atoms with Crippen LogP contribution in [0.2, 0.25) is 0 Å². The van der Waals surface area contributed by atoms with E-state index in [1.165, 1.54) is 6.20 Å².